The van der Waals surface area contributed by atoms with Crippen molar-refractivity contribution in [3.8, 4) is 11.3 Å². The molecule has 3 N–H and O–H groups in total. The predicted octanol–water partition coefficient (Wildman–Crippen LogP) is 2.22. The van der Waals surface area contributed by atoms with Crippen molar-refractivity contribution in [3.05, 3.63) is 30.6 Å². The molecule has 6 nitrogen and oxygen atoms in total. The van der Waals surface area contributed by atoms with Crippen molar-refractivity contribution in [3.63, 3.8) is 0 Å². The van der Waals surface area contributed by atoms with E-state index in [2.05, 4.69) is 32.7 Å². The van der Waals surface area contributed by atoms with Crippen LogP contribution in [-0.2, 0) is 4.79 Å². The first kappa shape index (κ1) is 16.5. The van der Waals surface area contributed by atoms with E-state index in [-0.39, 0.29) is 24.2 Å². The number of amides is 1. The van der Waals surface area contributed by atoms with Gasteiger partial charge in [-0.25, -0.2) is 0 Å². The van der Waals surface area contributed by atoms with Crippen LogP contribution < -0.4 is 10.6 Å². The molecule has 0 bridgehead atoms. The van der Waals surface area contributed by atoms with Crippen LogP contribution in [0.3, 0.4) is 0 Å². The van der Waals surface area contributed by atoms with Crippen LogP contribution in [0.15, 0.2) is 30.6 Å². The summed E-state index contributed by atoms with van der Waals surface area (Å²) in [5.41, 5.74) is 1.86. The van der Waals surface area contributed by atoms with Crippen LogP contribution in [0.1, 0.15) is 19.8 Å². The number of aromatic amines is 1. The fourth-order valence-electron chi connectivity index (χ4n) is 2.66. The van der Waals surface area contributed by atoms with Gasteiger partial charge >= 0.3 is 0 Å². The van der Waals surface area contributed by atoms with Gasteiger partial charge in [-0.05, 0) is 38.4 Å². The summed E-state index contributed by atoms with van der Waals surface area (Å²) in [6, 6.07) is 6.03. The van der Waals surface area contributed by atoms with E-state index in [0.29, 0.717) is 11.9 Å². The summed E-state index contributed by atoms with van der Waals surface area (Å²) in [6.07, 6.45) is 5.20. The minimum absolute atomic E-state index is 0. The molecule has 0 saturated carbocycles. The van der Waals surface area contributed by atoms with Gasteiger partial charge in [-0.2, -0.15) is 5.10 Å². The van der Waals surface area contributed by atoms with Crippen molar-refractivity contribution in [2.24, 2.45) is 5.92 Å². The molecule has 2 atom stereocenters. The van der Waals surface area contributed by atoms with E-state index in [9.17, 15) is 4.79 Å². The Morgan fingerprint density at radius 2 is 2.14 bits per heavy atom. The Morgan fingerprint density at radius 1 is 1.36 bits per heavy atom. The Bertz CT molecular complexity index is 615. The molecule has 1 saturated heterocycles. The second kappa shape index (κ2) is 7.38. The van der Waals surface area contributed by atoms with E-state index in [1.807, 2.05) is 18.2 Å². The summed E-state index contributed by atoms with van der Waals surface area (Å²) >= 11 is 0. The molecule has 2 aromatic heterocycles. The molecule has 0 spiro atoms. The van der Waals surface area contributed by atoms with Gasteiger partial charge in [0.1, 0.15) is 0 Å². The Hall–Kier alpha value is -1.92. The summed E-state index contributed by atoms with van der Waals surface area (Å²) in [6.45, 7) is 3.00. The van der Waals surface area contributed by atoms with E-state index >= 15 is 0 Å². The van der Waals surface area contributed by atoms with Gasteiger partial charge in [-0.3, -0.25) is 14.9 Å². The number of nitrogens with zero attached hydrogens (tertiary/aromatic N) is 2. The molecular weight excluding hydrogens is 302 g/mol. The lowest BCUT2D eigenvalue weighted by atomic mass is 9.92. The normalized spacial score (nSPS) is 21.0. The lowest BCUT2D eigenvalue weighted by Crippen LogP contribution is -2.40. The molecule has 1 aliphatic rings. The van der Waals surface area contributed by atoms with E-state index in [0.717, 1.165) is 30.6 Å². The van der Waals surface area contributed by atoms with Crippen molar-refractivity contribution in [1.29, 1.82) is 0 Å². The Labute approximate surface area is 135 Å². The first-order valence-electron chi connectivity index (χ1n) is 7.22. The highest BCUT2D eigenvalue weighted by Gasteiger charge is 2.25. The molecule has 1 aliphatic heterocycles. The van der Waals surface area contributed by atoms with Crippen molar-refractivity contribution in [1.82, 2.24) is 20.5 Å². The average molecular weight is 322 g/mol. The molecule has 0 radical (unpaired) electrons. The zero-order valence-corrected chi connectivity index (χ0v) is 13.2. The number of carbonyl (C=O) groups is 1. The number of piperidine rings is 1. The summed E-state index contributed by atoms with van der Waals surface area (Å²) in [5, 5.41) is 13.3. The quantitative estimate of drug-likeness (QED) is 0.809. The summed E-state index contributed by atoms with van der Waals surface area (Å²) in [7, 11) is 0. The molecule has 0 unspecified atom stereocenters. The average Bonchev–Trinajstić information content (AvgIpc) is 2.97. The van der Waals surface area contributed by atoms with E-state index in [4.69, 9.17) is 0 Å². The number of halogens is 1. The summed E-state index contributed by atoms with van der Waals surface area (Å²) in [5.74, 6) is 0.677. The number of anilines is 1. The molecule has 3 heterocycles. The molecule has 22 heavy (non-hydrogen) atoms. The van der Waals surface area contributed by atoms with Crippen molar-refractivity contribution in [2.45, 2.75) is 25.8 Å². The number of rotatable bonds is 3. The number of aromatic nitrogens is 3. The first-order valence-corrected chi connectivity index (χ1v) is 7.22. The fourth-order valence-corrected chi connectivity index (χ4v) is 2.66. The van der Waals surface area contributed by atoms with Crippen LogP contribution in [0.2, 0.25) is 0 Å². The van der Waals surface area contributed by atoms with Crippen LogP contribution in [0.5, 0.6) is 0 Å². The second-order valence-corrected chi connectivity index (χ2v) is 5.47. The molecular formula is C15H20ClN5O. The van der Waals surface area contributed by atoms with Gasteiger partial charge in [-0.1, -0.05) is 0 Å². The Morgan fingerprint density at radius 3 is 2.86 bits per heavy atom. The number of nitrogens with one attached hydrogen (secondary N) is 3. The fraction of sp³-hybridized carbons (Fsp3) is 0.400. The largest absolute Gasteiger partial charge is 0.314 e. The molecule has 2 aromatic rings. The van der Waals surface area contributed by atoms with Crippen LogP contribution in [-0.4, -0.2) is 33.7 Å². The molecule has 118 valence electrons. The minimum atomic E-state index is 0. The smallest absolute Gasteiger partial charge is 0.228 e. The van der Waals surface area contributed by atoms with Gasteiger partial charge in [-0.15, -0.1) is 12.4 Å². The van der Waals surface area contributed by atoms with Gasteiger partial charge in [0.25, 0.3) is 0 Å². The highest BCUT2D eigenvalue weighted by molar-refractivity contribution is 5.92. The van der Waals surface area contributed by atoms with Gasteiger partial charge in [0.15, 0.2) is 5.82 Å². The number of carbonyl (C=O) groups excluding carboxylic acids is 1. The van der Waals surface area contributed by atoms with Crippen LogP contribution in [0.4, 0.5) is 5.82 Å². The topological polar surface area (TPSA) is 82.7 Å². The number of hydrogen-bond acceptors (Lipinski definition) is 4. The minimum Gasteiger partial charge on any atom is -0.314 e. The van der Waals surface area contributed by atoms with E-state index < -0.39 is 0 Å². The maximum absolute atomic E-state index is 12.3. The van der Waals surface area contributed by atoms with Crippen molar-refractivity contribution in [2.75, 3.05) is 11.9 Å². The third-order valence-electron chi connectivity index (χ3n) is 3.81. The summed E-state index contributed by atoms with van der Waals surface area (Å²) in [4.78, 5) is 16.2. The predicted molar refractivity (Wildman–Crippen MR) is 87.9 cm³/mol. The number of pyridine rings is 1. The van der Waals surface area contributed by atoms with Gasteiger partial charge < -0.3 is 10.6 Å². The number of H-pyrrole nitrogens is 1. The van der Waals surface area contributed by atoms with Gasteiger partial charge in [0.05, 0.1) is 5.69 Å². The first-order chi connectivity index (χ1) is 10.2. The third kappa shape index (κ3) is 3.84. The third-order valence-corrected chi connectivity index (χ3v) is 3.81. The number of hydrogen-bond donors (Lipinski definition) is 3. The maximum atomic E-state index is 12.3. The van der Waals surface area contributed by atoms with Crippen molar-refractivity contribution >= 4 is 24.1 Å². The second-order valence-electron chi connectivity index (χ2n) is 5.47. The van der Waals surface area contributed by atoms with Crippen LogP contribution >= 0.6 is 12.4 Å². The van der Waals surface area contributed by atoms with E-state index in [1.54, 1.807) is 12.4 Å². The monoisotopic (exact) mass is 321 g/mol. The molecule has 1 fully saturated rings. The zero-order valence-electron chi connectivity index (χ0n) is 12.4. The molecule has 3 rings (SSSR count). The standard InChI is InChI=1S/C15H19N5O.ClH/c1-10-8-12(4-7-17-10)15(21)18-14-9-13(19-20-14)11-2-5-16-6-3-11;/h2-3,5-6,9-10,12,17H,4,7-8H2,1H3,(H2,18,19,20,21);1H/t10-,12-;/m0./s1. The molecule has 7 heteroatoms. The molecule has 0 aromatic carbocycles. The lowest BCUT2D eigenvalue weighted by Gasteiger charge is -2.26. The Balaban J connectivity index is 0.00000176. The van der Waals surface area contributed by atoms with Crippen molar-refractivity contribution < 1.29 is 4.79 Å². The van der Waals surface area contributed by atoms with E-state index in [1.165, 1.54) is 0 Å². The summed E-state index contributed by atoms with van der Waals surface area (Å²) < 4.78 is 0. The van der Waals surface area contributed by atoms with Crippen LogP contribution in [0.25, 0.3) is 11.3 Å². The highest BCUT2D eigenvalue weighted by Crippen LogP contribution is 2.21. The maximum Gasteiger partial charge on any atom is 0.228 e. The van der Waals surface area contributed by atoms with Gasteiger partial charge in [0.2, 0.25) is 5.91 Å². The molecule has 1 amide bonds. The van der Waals surface area contributed by atoms with Crippen LogP contribution in [0, 0.1) is 5.92 Å². The molecule has 0 aliphatic carbocycles. The highest BCUT2D eigenvalue weighted by atomic mass is 35.5. The van der Waals surface area contributed by atoms with Gasteiger partial charge in [0, 0.05) is 36.0 Å². The zero-order chi connectivity index (χ0) is 14.7. The lowest BCUT2D eigenvalue weighted by molar-refractivity contribution is -0.120. The Kier molecular flexibility index (Phi) is 5.51. The SMILES string of the molecule is C[C@H]1C[C@@H](C(=O)Nc2cc(-c3ccncc3)[nH]n2)CCN1.Cl.